The Kier molecular flexibility index (Phi) is 5.57. The second kappa shape index (κ2) is 6.48. The van der Waals surface area contributed by atoms with Gasteiger partial charge in [-0.3, -0.25) is 4.79 Å². The molecule has 0 aromatic carbocycles. The average Bonchev–Trinajstić information content (AvgIpc) is 2.24. The third kappa shape index (κ3) is 6.16. The Morgan fingerprint density at radius 3 is 2.59 bits per heavy atom. The Balaban J connectivity index is 2.21. The number of thioether (sulfide) groups is 1. The zero-order valence-electron chi connectivity index (χ0n) is 11.4. The number of hydrogen-bond acceptors (Lipinski definition) is 3. The van der Waals surface area contributed by atoms with Crippen LogP contribution in [0.4, 0.5) is 0 Å². The molecular weight excluding hydrogens is 232 g/mol. The van der Waals surface area contributed by atoms with Crippen LogP contribution < -0.4 is 0 Å². The van der Waals surface area contributed by atoms with Crippen LogP contribution in [0.1, 0.15) is 40.5 Å². The maximum absolute atomic E-state index is 11.6. The van der Waals surface area contributed by atoms with Crippen molar-refractivity contribution in [3.8, 4) is 0 Å². The number of rotatable bonds is 4. The molecule has 1 aliphatic rings. The molecule has 0 amide bonds. The van der Waals surface area contributed by atoms with Crippen LogP contribution >= 0.6 is 11.8 Å². The van der Waals surface area contributed by atoms with Crippen molar-refractivity contribution in [1.29, 1.82) is 0 Å². The molecule has 2 nitrogen and oxygen atoms in total. The van der Waals surface area contributed by atoms with Gasteiger partial charge in [-0.2, -0.15) is 0 Å². The zero-order valence-corrected chi connectivity index (χ0v) is 12.2. The molecule has 1 aliphatic carbocycles. The lowest BCUT2D eigenvalue weighted by molar-refractivity contribution is -0.142. The Labute approximate surface area is 109 Å². The molecule has 98 valence electrons. The molecule has 0 fully saturated rings. The van der Waals surface area contributed by atoms with E-state index in [1.54, 1.807) is 11.8 Å². The molecule has 0 N–H and O–H groups in total. The van der Waals surface area contributed by atoms with Crippen LogP contribution in [0.5, 0.6) is 0 Å². The van der Waals surface area contributed by atoms with Gasteiger partial charge in [0.2, 0.25) is 0 Å². The second-order valence-corrected chi connectivity index (χ2v) is 7.57. The van der Waals surface area contributed by atoms with Gasteiger partial charge in [0.05, 0.1) is 12.4 Å². The maximum atomic E-state index is 11.6. The highest BCUT2D eigenvalue weighted by molar-refractivity contribution is 8.01. The van der Waals surface area contributed by atoms with Crippen molar-refractivity contribution in [2.45, 2.75) is 45.3 Å². The molecule has 0 aromatic heterocycles. The highest BCUT2D eigenvalue weighted by Gasteiger charge is 2.20. The molecule has 0 aromatic rings. The van der Waals surface area contributed by atoms with E-state index in [0.29, 0.717) is 24.2 Å². The smallest absolute Gasteiger partial charge is 0.315 e. The Hall–Kier alpha value is -0.440. The molecule has 3 heteroatoms. The third-order valence-electron chi connectivity index (χ3n) is 3.00. The lowest BCUT2D eigenvalue weighted by atomic mass is 9.85. The molecule has 0 radical (unpaired) electrons. The van der Waals surface area contributed by atoms with Crippen LogP contribution in [0.25, 0.3) is 0 Å². The van der Waals surface area contributed by atoms with Crippen molar-refractivity contribution in [3.05, 3.63) is 12.2 Å². The van der Waals surface area contributed by atoms with Crippen LogP contribution in [-0.4, -0.2) is 23.1 Å². The van der Waals surface area contributed by atoms with Gasteiger partial charge in [0.15, 0.2) is 0 Å². The zero-order chi connectivity index (χ0) is 12.9. The van der Waals surface area contributed by atoms with Crippen molar-refractivity contribution in [2.75, 3.05) is 12.4 Å². The summed E-state index contributed by atoms with van der Waals surface area (Å²) in [5.41, 5.74) is 0. The summed E-state index contributed by atoms with van der Waals surface area (Å²) in [6.45, 7) is 9.14. The number of ether oxygens (including phenoxy) is 1. The molecule has 0 spiro atoms. The van der Waals surface area contributed by atoms with Crippen molar-refractivity contribution in [2.24, 2.45) is 11.8 Å². The standard InChI is InChI=1S/C14H24O2S/c1-11-7-5-6-8-12(11)9-16-13(15)10-17-14(2,3)4/h5-6,11-12H,7-10H2,1-4H3/t11-,12-/m1/s1. The van der Waals surface area contributed by atoms with E-state index in [9.17, 15) is 4.79 Å². The normalized spacial score (nSPS) is 24.7. The van der Waals surface area contributed by atoms with Crippen LogP contribution in [-0.2, 0) is 9.53 Å². The lowest BCUT2D eigenvalue weighted by Crippen LogP contribution is -2.23. The van der Waals surface area contributed by atoms with Crippen LogP contribution in [0, 0.1) is 11.8 Å². The van der Waals surface area contributed by atoms with E-state index in [2.05, 4.69) is 39.8 Å². The molecule has 1 rings (SSSR count). The molecule has 0 aliphatic heterocycles. The van der Waals surface area contributed by atoms with E-state index in [0.717, 1.165) is 12.8 Å². The first kappa shape index (κ1) is 14.6. The number of allylic oxidation sites excluding steroid dienone is 2. The molecule has 0 saturated heterocycles. The summed E-state index contributed by atoms with van der Waals surface area (Å²) in [6.07, 6.45) is 6.57. The first-order valence-electron chi connectivity index (χ1n) is 6.33. The van der Waals surface area contributed by atoms with Gasteiger partial charge in [0.1, 0.15) is 0 Å². The number of hydrogen-bond donors (Lipinski definition) is 0. The summed E-state index contributed by atoms with van der Waals surface area (Å²) in [5.74, 6) is 1.51. The van der Waals surface area contributed by atoms with Crippen LogP contribution in [0.15, 0.2) is 12.2 Å². The Morgan fingerprint density at radius 2 is 2.00 bits per heavy atom. The van der Waals surface area contributed by atoms with E-state index < -0.39 is 0 Å². The summed E-state index contributed by atoms with van der Waals surface area (Å²) < 4.78 is 5.48. The highest BCUT2D eigenvalue weighted by atomic mass is 32.2. The summed E-state index contributed by atoms with van der Waals surface area (Å²) in [6, 6.07) is 0. The molecule has 0 unspecified atom stereocenters. The fraction of sp³-hybridized carbons (Fsp3) is 0.786. The lowest BCUT2D eigenvalue weighted by Gasteiger charge is -2.25. The summed E-state index contributed by atoms with van der Waals surface area (Å²) >= 11 is 1.64. The van der Waals surface area contributed by atoms with Crippen LogP contribution in [0.2, 0.25) is 0 Å². The predicted molar refractivity (Wildman–Crippen MR) is 74.2 cm³/mol. The van der Waals surface area contributed by atoms with Gasteiger partial charge in [-0.25, -0.2) is 0 Å². The van der Waals surface area contributed by atoms with E-state index in [4.69, 9.17) is 4.74 Å². The Morgan fingerprint density at radius 1 is 1.35 bits per heavy atom. The fourth-order valence-electron chi connectivity index (χ4n) is 1.76. The van der Waals surface area contributed by atoms with Crippen LogP contribution in [0.3, 0.4) is 0 Å². The predicted octanol–water partition coefficient (Wildman–Crippen LogP) is 3.66. The van der Waals surface area contributed by atoms with Gasteiger partial charge in [-0.15, -0.1) is 11.8 Å². The molecular formula is C14H24O2S. The van der Waals surface area contributed by atoms with Gasteiger partial charge in [-0.1, -0.05) is 39.8 Å². The maximum Gasteiger partial charge on any atom is 0.315 e. The van der Waals surface area contributed by atoms with Gasteiger partial charge < -0.3 is 4.74 Å². The summed E-state index contributed by atoms with van der Waals surface area (Å²) in [4.78, 5) is 11.6. The second-order valence-electron chi connectivity index (χ2n) is 5.76. The monoisotopic (exact) mass is 256 g/mol. The van der Waals surface area contributed by atoms with E-state index in [-0.39, 0.29) is 10.7 Å². The largest absolute Gasteiger partial charge is 0.465 e. The number of carbonyl (C=O) groups is 1. The van der Waals surface area contributed by atoms with Gasteiger partial charge in [-0.05, 0) is 24.7 Å². The molecule has 0 saturated carbocycles. The van der Waals surface area contributed by atoms with Gasteiger partial charge in [0.25, 0.3) is 0 Å². The Bertz CT molecular complexity index is 278. The SMILES string of the molecule is C[C@@H]1CC=CC[C@@H]1COC(=O)CSC(C)(C)C. The first-order chi connectivity index (χ1) is 7.88. The van der Waals surface area contributed by atoms with Crippen molar-refractivity contribution in [3.63, 3.8) is 0 Å². The van der Waals surface area contributed by atoms with Gasteiger partial charge in [0, 0.05) is 4.75 Å². The highest BCUT2D eigenvalue weighted by Crippen LogP contribution is 2.26. The quantitative estimate of drug-likeness (QED) is 0.567. The van der Waals surface area contributed by atoms with Crippen molar-refractivity contribution < 1.29 is 9.53 Å². The van der Waals surface area contributed by atoms with E-state index in [1.807, 2.05) is 0 Å². The molecule has 0 bridgehead atoms. The van der Waals surface area contributed by atoms with Crippen molar-refractivity contribution in [1.82, 2.24) is 0 Å². The summed E-state index contributed by atoms with van der Waals surface area (Å²) in [7, 11) is 0. The average molecular weight is 256 g/mol. The van der Waals surface area contributed by atoms with Crippen molar-refractivity contribution >= 4 is 17.7 Å². The fourth-order valence-corrected chi connectivity index (χ4v) is 2.39. The minimum absolute atomic E-state index is 0.0771. The topological polar surface area (TPSA) is 26.3 Å². The minimum atomic E-state index is -0.0771. The molecule has 0 heterocycles. The summed E-state index contributed by atoms with van der Waals surface area (Å²) in [5, 5.41) is 0. The third-order valence-corrected chi connectivity index (χ3v) is 4.25. The number of carbonyl (C=O) groups excluding carboxylic acids is 1. The molecule has 2 atom stereocenters. The van der Waals surface area contributed by atoms with E-state index >= 15 is 0 Å². The minimum Gasteiger partial charge on any atom is -0.465 e. The van der Waals surface area contributed by atoms with E-state index in [1.165, 1.54) is 0 Å². The van der Waals surface area contributed by atoms with Gasteiger partial charge >= 0.3 is 5.97 Å². The molecule has 17 heavy (non-hydrogen) atoms. The first-order valence-corrected chi connectivity index (χ1v) is 7.31. The number of esters is 1.